The van der Waals surface area contributed by atoms with E-state index in [1.165, 1.54) is 0 Å². The van der Waals surface area contributed by atoms with Crippen LogP contribution in [-0.2, 0) is 26.9 Å². The van der Waals surface area contributed by atoms with Gasteiger partial charge in [0.1, 0.15) is 0 Å². The Balaban J connectivity index is 1.69. The average Bonchev–Trinajstić information content (AvgIpc) is 2.61. The molecule has 1 fully saturated rings. The van der Waals surface area contributed by atoms with E-state index in [2.05, 4.69) is 9.97 Å². The fraction of sp³-hybridized carbons (Fsp3) is 0.412. The van der Waals surface area contributed by atoms with Gasteiger partial charge in [-0.3, -0.25) is 9.97 Å². The Morgan fingerprint density at radius 2 is 2.04 bits per heavy atom. The molecule has 2 heterocycles. The molecule has 2 aromatic rings. The largest absolute Gasteiger partial charge is 0.378 e. The summed E-state index contributed by atoms with van der Waals surface area (Å²) in [6.07, 6.45) is 6.35. The van der Waals surface area contributed by atoms with E-state index in [-0.39, 0.29) is 11.8 Å². The Kier molecular flexibility index (Phi) is 5.55. The van der Waals surface area contributed by atoms with Crippen LogP contribution in [0.1, 0.15) is 17.7 Å². The number of hydrogen-bond acceptors (Lipinski definition) is 5. The van der Waals surface area contributed by atoms with Crippen LogP contribution in [-0.4, -0.2) is 48.5 Å². The third-order valence-electron chi connectivity index (χ3n) is 4.07. The molecule has 1 aromatic carbocycles. The van der Waals surface area contributed by atoms with Gasteiger partial charge in [0.2, 0.25) is 10.0 Å². The fourth-order valence-corrected chi connectivity index (χ4v) is 4.63. The number of rotatable bonds is 6. The predicted molar refractivity (Wildman–Crippen MR) is 90.7 cm³/mol. The lowest BCUT2D eigenvalue weighted by Crippen LogP contribution is -2.49. The van der Waals surface area contributed by atoms with E-state index in [0.717, 1.165) is 11.3 Å². The average molecular weight is 347 g/mol. The van der Waals surface area contributed by atoms with Gasteiger partial charge in [-0.2, -0.15) is 4.31 Å². The number of hydrogen-bond donors (Lipinski definition) is 0. The van der Waals surface area contributed by atoms with Gasteiger partial charge in [-0.05, 0) is 18.4 Å². The molecule has 3 rings (SSSR count). The summed E-state index contributed by atoms with van der Waals surface area (Å²) in [6.45, 7) is 1.27. The highest BCUT2D eigenvalue weighted by atomic mass is 32.2. The number of aryl methyl sites for hydroxylation is 1. The molecule has 1 aromatic heterocycles. The third-order valence-corrected chi connectivity index (χ3v) is 5.97. The smallest absolute Gasteiger partial charge is 0.218 e. The van der Waals surface area contributed by atoms with Crippen molar-refractivity contribution in [3.8, 4) is 0 Å². The van der Waals surface area contributed by atoms with Crippen LogP contribution >= 0.6 is 0 Å². The van der Waals surface area contributed by atoms with Crippen LogP contribution in [0.15, 0.2) is 48.9 Å². The Hall–Kier alpha value is -1.83. The predicted octanol–water partition coefficient (Wildman–Crippen LogP) is 1.64. The summed E-state index contributed by atoms with van der Waals surface area (Å²) < 4.78 is 32.7. The minimum absolute atomic E-state index is 0.0233. The summed E-state index contributed by atoms with van der Waals surface area (Å²) in [6, 6.07) is 9.12. The second-order valence-corrected chi connectivity index (χ2v) is 7.74. The molecule has 0 spiro atoms. The van der Waals surface area contributed by atoms with Crippen LogP contribution in [0.3, 0.4) is 0 Å². The molecule has 128 valence electrons. The normalized spacial score (nSPS) is 19.2. The molecule has 24 heavy (non-hydrogen) atoms. The van der Waals surface area contributed by atoms with Gasteiger partial charge in [-0.25, -0.2) is 8.42 Å². The molecule has 0 bridgehead atoms. The Morgan fingerprint density at radius 3 is 2.79 bits per heavy atom. The van der Waals surface area contributed by atoms with Crippen LogP contribution in [0.25, 0.3) is 0 Å². The molecule has 0 amide bonds. The molecule has 0 aliphatic carbocycles. The van der Waals surface area contributed by atoms with Gasteiger partial charge in [0.25, 0.3) is 0 Å². The van der Waals surface area contributed by atoms with Crippen molar-refractivity contribution < 1.29 is 13.2 Å². The van der Waals surface area contributed by atoms with Crippen molar-refractivity contribution in [3.63, 3.8) is 0 Å². The quantitative estimate of drug-likeness (QED) is 0.794. The monoisotopic (exact) mass is 347 g/mol. The van der Waals surface area contributed by atoms with E-state index >= 15 is 0 Å². The molecule has 1 atom stereocenters. The third kappa shape index (κ3) is 4.37. The summed E-state index contributed by atoms with van der Waals surface area (Å²) in [7, 11) is -3.37. The summed E-state index contributed by atoms with van der Waals surface area (Å²) in [5, 5.41) is 0. The van der Waals surface area contributed by atoms with E-state index in [9.17, 15) is 8.42 Å². The lowest BCUT2D eigenvalue weighted by atomic mass is 10.1. The van der Waals surface area contributed by atoms with Crippen molar-refractivity contribution in [2.75, 3.05) is 19.8 Å². The summed E-state index contributed by atoms with van der Waals surface area (Å²) in [5.41, 5.74) is 1.67. The maximum absolute atomic E-state index is 12.8. The molecule has 1 aliphatic rings. The molecule has 0 radical (unpaired) electrons. The zero-order chi connectivity index (χ0) is 16.8. The first-order valence-electron chi connectivity index (χ1n) is 8.01. The van der Waals surface area contributed by atoms with Crippen molar-refractivity contribution in [2.24, 2.45) is 0 Å². The Morgan fingerprint density at radius 1 is 1.21 bits per heavy atom. The van der Waals surface area contributed by atoms with Gasteiger partial charge >= 0.3 is 0 Å². The molecular formula is C17H21N3O3S. The maximum Gasteiger partial charge on any atom is 0.218 e. The lowest BCUT2D eigenvalue weighted by Gasteiger charge is -2.34. The highest BCUT2D eigenvalue weighted by molar-refractivity contribution is 7.88. The number of benzene rings is 1. The summed E-state index contributed by atoms with van der Waals surface area (Å²) in [5.74, 6) is 0.0233. The number of morpholine rings is 1. The van der Waals surface area contributed by atoms with Gasteiger partial charge in [0.05, 0.1) is 24.7 Å². The number of sulfonamides is 1. The molecule has 6 nitrogen and oxygen atoms in total. The molecule has 0 saturated carbocycles. The van der Waals surface area contributed by atoms with Crippen molar-refractivity contribution in [1.82, 2.24) is 14.3 Å². The highest BCUT2D eigenvalue weighted by Crippen LogP contribution is 2.20. The van der Waals surface area contributed by atoms with E-state index in [4.69, 9.17) is 4.74 Å². The van der Waals surface area contributed by atoms with Crippen molar-refractivity contribution in [2.45, 2.75) is 24.6 Å². The van der Waals surface area contributed by atoms with Crippen LogP contribution < -0.4 is 0 Å². The van der Waals surface area contributed by atoms with E-state index in [1.54, 1.807) is 22.9 Å². The van der Waals surface area contributed by atoms with Gasteiger partial charge in [-0.15, -0.1) is 0 Å². The van der Waals surface area contributed by atoms with Crippen LogP contribution in [0.5, 0.6) is 0 Å². The molecule has 1 saturated heterocycles. The zero-order valence-corrected chi connectivity index (χ0v) is 14.2. The van der Waals surface area contributed by atoms with Gasteiger partial charge in [-0.1, -0.05) is 30.3 Å². The highest BCUT2D eigenvalue weighted by Gasteiger charge is 2.32. The molecule has 0 N–H and O–H groups in total. The fourth-order valence-electron chi connectivity index (χ4n) is 2.87. The van der Waals surface area contributed by atoms with Crippen LogP contribution in [0.4, 0.5) is 0 Å². The second kappa shape index (κ2) is 7.83. The zero-order valence-electron chi connectivity index (χ0n) is 13.4. The summed E-state index contributed by atoms with van der Waals surface area (Å²) in [4.78, 5) is 8.29. The lowest BCUT2D eigenvalue weighted by molar-refractivity contribution is 0.0296. The second-order valence-electron chi connectivity index (χ2n) is 5.82. The van der Waals surface area contributed by atoms with Crippen molar-refractivity contribution in [1.29, 1.82) is 0 Å². The minimum atomic E-state index is -3.37. The Labute approximate surface area is 142 Å². The standard InChI is InChI=1S/C17H21N3O3S/c21-24(22,14-15-4-2-1-3-5-15)20-10-11-23-13-17(20)7-6-16-12-18-8-9-19-16/h1-5,8-9,12,17H,6-7,10-11,13-14H2/t17-/m0/s1. The molecular weight excluding hydrogens is 326 g/mol. The minimum Gasteiger partial charge on any atom is -0.378 e. The van der Waals surface area contributed by atoms with Gasteiger partial charge < -0.3 is 4.74 Å². The molecule has 0 unspecified atom stereocenters. The van der Waals surface area contributed by atoms with Crippen molar-refractivity contribution in [3.05, 3.63) is 60.2 Å². The SMILES string of the molecule is O=S(=O)(Cc1ccccc1)N1CCOC[C@@H]1CCc1cnccn1. The number of nitrogens with zero attached hydrogens (tertiary/aromatic N) is 3. The summed E-state index contributed by atoms with van der Waals surface area (Å²) >= 11 is 0. The molecule has 1 aliphatic heterocycles. The first-order chi connectivity index (χ1) is 11.6. The number of aromatic nitrogens is 2. The maximum atomic E-state index is 12.8. The first-order valence-corrected chi connectivity index (χ1v) is 9.62. The molecule has 7 heteroatoms. The van der Waals surface area contributed by atoms with Crippen LogP contribution in [0.2, 0.25) is 0 Å². The Bertz CT molecular complexity index is 738. The number of ether oxygens (including phenoxy) is 1. The van der Waals surface area contributed by atoms with Gasteiger partial charge in [0, 0.05) is 31.2 Å². The van der Waals surface area contributed by atoms with E-state index < -0.39 is 10.0 Å². The van der Waals surface area contributed by atoms with E-state index in [1.807, 2.05) is 30.3 Å². The first kappa shape index (κ1) is 17.0. The van der Waals surface area contributed by atoms with E-state index in [0.29, 0.717) is 32.6 Å². The van der Waals surface area contributed by atoms with Crippen molar-refractivity contribution >= 4 is 10.0 Å². The van der Waals surface area contributed by atoms with Gasteiger partial charge in [0.15, 0.2) is 0 Å². The van der Waals surface area contributed by atoms with Crippen LogP contribution in [0, 0.1) is 0 Å². The topological polar surface area (TPSA) is 72.4 Å².